The standard InChI is InChI=1S/C35H54F3N5O8S/c1-10-21(2)29(42(7)28(45)19-39-33(48)51-34(4,5)6)26(49-8)18-27(44)43-17-11-12-25(43)30(50-9)22(3)31(46)41-52-20-23-13-15-24(16-14-23)40-32(47)35(36,37)38/h13-16,21-22,25-26,29-30H,10-12,17-20H2,1-9H3,(H,39,48)(H,40,47)(H,41,46). The van der Waals surface area contributed by atoms with Gasteiger partial charge in [0.2, 0.25) is 17.7 Å². The van der Waals surface area contributed by atoms with E-state index in [2.05, 4.69) is 10.0 Å². The van der Waals surface area contributed by atoms with Gasteiger partial charge < -0.3 is 34.6 Å². The number of likely N-dealkylation sites (tertiary alicyclic amines) is 1. The van der Waals surface area contributed by atoms with Crippen molar-refractivity contribution in [2.75, 3.05) is 39.7 Å². The first-order chi connectivity index (χ1) is 24.2. The van der Waals surface area contributed by atoms with E-state index in [1.165, 1.54) is 31.3 Å². The van der Waals surface area contributed by atoms with E-state index >= 15 is 0 Å². The predicted octanol–water partition coefficient (Wildman–Crippen LogP) is 4.90. The van der Waals surface area contributed by atoms with Gasteiger partial charge in [0, 0.05) is 39.3 Å². The number of carbonyl (C=O) groups excluding carboxylic acids is 5. The summed E-state index contributed by atoms with van der Waals surface area (Å²) in [5, 5.41) is 4.27. The summed E-state index contributed by atoms with van der Waals surface area (Å²) in [5.74, 6) is -3.35. The maximum Gasteiger partial charge on any atom is 0.471 e. The Hall–Kier alpha value is -3.57. The van der Waals surface area contributed by atoms with Gasteiger partial charge in [-0.25, -0.2) is 4.79 Å². The average molecular weight is 762 g/mol. The van der Waals surface area contributed by atoms with Crippen LogP contribution in [0.5, 0.6) is 0 Å². The minimum Gasteiger partial charge on any atom is -0.444 e. The van der Waals surface area contributed by atoms with E-state index in [4.69, 9.17) is 14.2 Å². The highest BCUT2D eigenvalue weighted by Gasteiger charge is 2.42. The highest BCUT2D eigenvalue weighted by Crippen LogP contribution is 2.30. The van der Waals surface area contributed by atoms with Crippen LogP contribution in [-0.2, 0) is 39.1 Å². The summed E-state index contributed by atoms with van der Waals surface area (Å²) in [6, 6.07) is 4.90. The summed E-state index contributed by atoms with van der Waals surface area (Å²) in [6.07, 6.45) is -4.99. The Balaban J connectivity index is 2.04. The van der Waals surface area contributed by atoms with Gasteiger partial charge >= 0.3 is 18.2 Å². The first-order valence-corrected chi connectivity index (χ1v) is 18.2. The number of anilines is 1. The van der Waals surface area contributed by atoms with E-state index in [-0.39, 0.29) is 48.3 Å². The molecule has 2 rings (SSSR count). The Morgan fingerprint density at radius 2 is 1.67 bits per heavy atom. The molecule has 1 saturated heterocycles. The molecule has 1 heterocycles. The van der Waals surface area contributed by atoms with Crippen LogP contribution < -0.4 is 15.4 Å². The van der Waals surface area contributed by atoms with Crippen molar-refractivity contribution in [2.45, 2.75) is 109 Å². The normalized spacial score (nSPS) is 17.7. The molecule has 3 N–H and O–H groups in total. The predicted molar refractivity (Wildman–Crippen MR) is 191 cm³/mol. The Bertz CT molecular complexity index is 1360. The smallest absolute Gasteiger partial charge is 0.444 e. The highest BCUT2D eigenvalue weighted by atomic mass is 32.2. The fourth-order valence-corrected chi connectivity index (χ4v) is 6.84. The number of carbonyl (C=O) groups is 5. The molecule has 1 aromatic carbocycles. The molecular formula is C35H54F3N5O8S. The molecule has 0 saturated carbocycles. The number of benzene rings is 1. The van der Waals surface area contributed by atoms with Crippen molar-refractivity contribution in [3.05, 3.63) is 29.8 Å². The summed E-state index contributed by atoms with van der Waals surface area (Å²) >= 11 is 1.09. The van der Waals surface area contributed by atoms with E-state index in [9.17, 15) is 37.1 Å². The second kappa shape index (κ2) is 20.0. The fourth-order valence-electron chi connectivity index (χ4n) is 6.08. The topological polar surface area (TPSA) is 156 Å². The number of amides is 5. The Morgan fingerprint density at radius 3 is 2.21 bits per heavy atom. The number of hydrogen-bond donors (Lipinski definition) is 3. The molecule has 6 atom stereocenters. The van der Waals surface area contributed by atoms with Gasteiger partial charge in [0.05, 0.1) is 36.6 Å². The number of halogens is 3. The number of hydrogen-bond acceptors (Lipinski definition) is 9. The van der Waals surface area contributed by atoms with E-state index in [0.717, 1.165) is 11.9 Å². The summed E-state index contributed by atoms with van der Waals surface area (Å²) < 4.78 is 57.2. The average Bonchev–Trinajstić information content (AvgIpc) is 3.56. The molecule has 0 radical (unpaired) electrons. The molecule has 5 amide bonds. The number of nitrogens with zero attached hydrogens (tertiary/aromatic N) is 2. The number of alkyl halides is 3. The van der Waals surface area contributed by atoms with Gasteiger partial charge in [-0.2, -0.15) is 13.2 Å². The number of alkyl carbamates (subject to hydrolysis) is 1. The van der Waals surface area contributed by atoms with Crippen LogP contribution in [0.2, 0.25) is 0 Å². The molecule has 0 aliphatic carbocycles. The van der Waals surface area contributed by atoms with Crippen molar-refractivity contribution in [3.63, 3.8) is 0 Å². The monoisotopic (exact) mass is 761 g/mol. The SMILES string of the molecule is CCC(C)C(C(CC(=O)N1CCCC1C(OC)C(C)C(=O)NSCc1ccc(NC(=O)C(F)(F)F)cc1)OC)N(C)C(=O)CNC(=O)OC(C)(C)C. The molecule has 6 unspecified atom stereocenters. The summed E-state index contributed by atoms with van der Waals surface area (Å²) in [7, 11) is 4.61. The molecule has 0 aromatic heterocycles. The zero-order chi connectivity index (χ0) is 39.4. The molecule has 13 nitrogen and oxygen atoms in total. The molecule has 1 aliphatic rings. The zero-order valence-electron chi connectivity index (χ0n) is 31.4. The molecule has 0 spiro atoms. The van der Waals surface area contributed by atoms with E-state index in [1.54, 1.807) is 57.1 Å². The maximum absolute atomic E-state index is 13.9. The van der Waals surface area contributed by atoms with Gasteiger partial charge in [0.15, 0.2) is 0 Å². The number of methoxy groups -OCH3 is 2. The molecular weight excluding hydrogens is 707 g/mol. The third kappa shape index (κ3) is 13.4. The summed E-state index contributed by atoms with van der Waals surface area (Å²) in [5.41, 5.74) is -0.0252. The summed E-state index contributed by atoms with van der Waals surface area (Å²) in [6.45, 7) is 11.0. The van der Waals surface area contributed by atoms with Gasteiger partial charge in [-0.05, 0) is 69.2 Å². The Morgan fingerprint density at radius 1 is 1.04 bits per heavy atom. The largest absolute Gasteiger partial charge is 0.471 e. The van der Waals surface area contributed by atoms with E-state index in [1.807, 2.05) is 13.8 Å². The lowest BCUT2D eigenvalue weighted by Gasteiger charge is -2.39. The molecule has 0 bridgehead atoms. The van der Waals surface area contributed by atoms with Crippen molar-refractivity contribution < 1.29 is 51.4 Å². The van der Waals surface area contributed by atoms with Gasteiger partial charge in [0.25, 0.3) is 0 Å². The molecule has 52 heavy (non-hydrogen) atoms. The molecule has 17 heteroatoms. The summed E-state index contributed by atoms with van der Waals surface area (Å²) in [4.78, 5) is 66.8. The van der Waals surface area contributed by atoms with Crippen molar-refractivity contribution in [3.8, 4) is 0 Å². The highest BCUT2D eigenvalue weighted by molar-refractivity contribution is 7.97. The third-order valence-corrected chi connectivity index (χ3v) is 9.79. The van der Waals surface area contributed by atoms with E-state index in [0.29, 0.717) is 37.1 Å². The lowest BCUT2D eigenvalue weighted by Crippen LogP contribution is -2.54. The Kier molecular flexibility index (Phi) is 17.2. The first kappa shape index (κ1) is 44.6. The maximum atomic E-state index is 13.9. The van der Waals surface area contributed by atoms with Gasteiger partial charge in [0.1, 0.15) is 12.1 Å². The lowest BCUT2D eigenvalue weighted by molar-refractivity contribution is -0.167. The van der Waals surface area contributed by atoms with Crippen molar-refractivity contribution >= 4 is 47.4 Å². The molecule has 1 fully saturated rings. The number of rotatable bonds is 17. The number of ether oxygens (including phenoxy) is 3. The van der Waals surface area contributed by atoms with Gasteiger partial charge in [-0.15, -0.1) is 0 Å². The third-order valence-electron chi connectivity index (χ3n) is 8.97. The van der Waals surface area contributed by atoms with Crippen LogP contribution in [0.1, 0.15) is 72.8 Å². The van der Waals surface area contributed by atoms with Crippen molar-refractivity contribution in [2.24, 2.45) is 11.8 Å². The minimum atomic E-state index is -5.00. The molecule has 1 aliphatic heterocycles. The molecule has 294 valence electrons. The van der Waals surface area contributed by atoms with Crippen LogP contribution in [0.15, 0.2) is 24.3 Å². The van der Waals surface area contributed by atoms with Gasteiger partial charge in [-0.1, -0.05) is 39.3 Å². The van der Waals surface area contributed by atoms with Crippen LogP contribution in [-0.4, -0.2) is 110 Å². The van der Waals surface area contributed by atoms with Crippen LogP contribution in [0.4, 0.5) is 23.7 Å². The fraction of sp³-hybridized carbons (Fsp3) is 0.686. The van der Waals surface area contributed by atoms with Crippen molar-refractivity contribution in [1.82, 2.24) is 19.8 Å². The molecule has 1 aromatic rings. The quantitative estimate of drug-likeness (QED) is 0.188. The van der Waals surface area contributed by atoms with Crippen molar-refractivity contribution in [1.29, 1.82) is 0 Å². The Labute approximate surface area is 308 Å². The zero-order valence-corrected chi connectivity index (χ0v) is 32.2. The first-order valence-electron chi connectivity index (χ1n) is 17.2. The van der Waals surface area contributed by atoms with Crippen LogP contribution in [0, 0.1) is 11.8 Å². The van der Waals surface area contributed by atoms with Gasteiger partial charge in [-0.3, -0.25) is 23.9 Å². The van der Waals surface area contributed by atoms with Crippen LogP contribution in [0.3, 0.4) is 0 Å². The van der Waals surface area contributed by atoms with Crippen LogP contribution >= 0.6 is 11.9 Å². The van der Waals surface area contributed by atoms with E-state index < -0.39 is 47.9 Å². The van der Waals surface area contributed by atoms with Crippen LogP contribution in [0.25, 0.3) is 0 Å². The number of likely N-dealkylation sites (N-methyl/N-ethyl adjacent to an activating group) is 1. The number of nitrogens with one attached hydrogen (secondary N) is 3. The second-order valence-corrected chi connectivity index (χ2v) is 14.7. The minimum absolute atomic E-state index is 0.00680. The lowest BCUT2D eigenvalue weighted by atomic mass is 9.90. The second-order valence-electron chi connectivity index (χ2n) is 13.9.